The van der Waals surface area contributed by atoms with Crippen molar-refractivity contribution in [1.82, 2.24) is 15.3 Å². The van der Waals surface area contributed by atoms with Gasteiger partial charge in [0.05, 0.1) is 17.8 Å². The van der Waals surface area contributed by atoms with Crippen LogP contribution in [-0.2, 0) is 17.8 Å². The van der Waals surface area contributed by atoms with Crippen LogP contribution in [0.25, 0.3) is 10.7 Å². The Hall–Kier alpha value is -2.73. The molecule has 1 amide bonds. The number of rotatable bonds is 6. The van der Waals surface area contributed by atoms with E-state index in [0.717, 1.165) is 27.6 Å². The summed E-state index contributed by atoms with van der Waals surface area (Å²) < 4.78 is 0. The Balaban J connectivity index is 1.53. The van der Waals surface area contributed by atoms with Crippen molar-refractivity contribution in [3.8, 4) is 10.7 Å². The van der Waals surface area contributed by atoms with E-state index < -0.39 is 0 Å². The van der Waals surface area contributed by atoms with Gasteiger partial charge >= 0.3 is 0 Å². The molecule has 3 aromatic rings. The maximum absolute atomic E-state index is 12.1. The maximum Gasteiger partial charge on any atom is 0.226 e. The smallest absolute Gasteiger partial charge is 0.226 e. The van der Waals surface area contributed by atoms with Gasteiger partial charge in [-0.05, 0) is 29.8 Å². The first kappa shape index (κ1) is 17.1. The zero-order valence-corrected chi connectivity index (χ0v) is 15.1. The highest BCUT2D eigenvalue weighted by molar-refractivity contribution is 7.13. The Morgan fingerprint density at radius 2 is 1.96 bits per heavy atom. The molecule has 3 rings (SSSR count). The molecule has 0 aliphatic rings. The highest BCUT2D eigenvalue weighted by Gasteiger charge is 2.09. The lowest BCUT2D eigenvalue weighted by molar-refractivity contribution is -0.120. The van der Waals surface area contributed by atoms with E-state index in [0.29, 0.717) is 6.54 Å². The molecule has 0 spiro atoms. The Kier molecular flexibility index (Phi) is 5.40. The van der Waals surface area contributed by atoms with Gasteiger partial charge in [-0.15, -0.1) is 11.3 Å². The van der Waals surface area contributed by atoms with Gasteiger partial charge in [-0.2, -0.15) is 0 Å². The molecule has 25 heavy (non-hydrogen) atoms. The molecular formula is C19H20N4OS. The Morgan fingerprint density at radius 1 is 1.16 bits per heavy atom. The summed E-state index contributed by atoms with van der Waals surface area (Å²) >= 11 is 1.51. The van der Waals surface area contributed by atoms with Crippen molar-refractivity contribution in [2.24, 2.45) is 0 Å². The van der Waals surface area contributed by atoms with Gasteiger partial charge in [0.2, 0.25) is 5.91 Å². The standard InChI is InChI=1S/C19H20N4OS/c1-23(2)16-8-6-14(7-9-16)12-21-18(24)11-15-13-25-19(22-15)17-5-3-4-10-20-17/h3-10,13H,11-12H2,1-2H3,(H,21,24). The third-order valence-corrected chi connectivity index (χ3v) is 4.63. The summed E-state index contributed by atoms with van der Waals surface area (Å²) in [5.74, 6) is -0.0328. The lowest BCUT2D eigenvalue weighted by Gasteiger charge is -2.12. The topological polar surface area (TPSA) is 58.1 Å². The van der Waals surface area contributed by atoms with Crippen LogP contribution in [-0.4, -0.2) is 30.0 Å². The minimum atomic E-state index is -0.0328. The van der Waals surface area contributed by atoms with Gasteiger partial charge < -0.3 is 10.2 Å². The molecule has 0 fully saturated rings. The van der Waals surface area contributed by atoms with Crippen molar-refractivity contribution < 1.29 is 4.79 Å². The second-order valence-corrected chi connectivity index (χ2v) is 6.73. The van der Waals surface area contributed by atoms with Crippen molar-refractivity contribution in [1.29, 1.82) is 0 Å². The molecule has 0 radical (unpaired) electrons. The summed E-state index contributed by atoms with van der Waals surface area (Å²) in [6.07, 6.45) is 2.02. The molecule has 128 valence electrons. The first-order chi connectivity index (χ1) is 12.1. The van der Waals surface area contributed by atoms with Crippen LogP contribution < -0.4 is 10.2 Å². The van der Waals surface area contributed by atoms with E-state index in [1.54, 1.807) is 6.20 Å². The van der Waals surface area contributed by atoms with E-state index in [-0.39, 0.29) is 12.3 Å². The first-order valence-electron chi connectivity index (χ1n) is 8.00. The number of pyridine rings is 1. The molecule has 6 heteroatoms. The number of thiazole rings is 1. The second kappa shape index (κ2) is 7.90. The van der Waals surface area contributed by atoms with Crippen LogP contribution >= 0.6 is 11.3 Å². The fourth-order valence-electron chi connectivity index (χ4n) is 2.33. The highest BCUT2D eigenvalue weighted by atomic mass is 32.1. The van der Waals surface area contributed by atoms with E-state index in [2.05, 4.69) is 15.3 Å². The Bertz CT molecular complexity index is 828. The van der Waals surface area contributed by atoms with Crippen LogP contribution in [0.3, 0.4) is 0 Å². The Morgan fingerprint density at radius 3 is 2.64 bits per heavy atom. The van der Waals surface area contributed by atoms with Gasteiger partial charge in [-0.1, -0.05) is 18.2 Å². The van der Waals surface area contributed by atoms with E-state index in [4.69, 9.17) is 0 Å². The van der Waals surface area contributed by atoms with Crippen LogP contribution in [0.1, 0.15) is 11.3 Å². The van der Waals surface area contributed by atoms with Crippen molar-refractivity contribution >= 4 is 22.9 Å². The van der Waals surface area contributed by atoms with Gasteiger partial charge in [-0.25, -0.2) is 4.98 Å². The molecule has 0 saturated carbocycles. The summed E-state index contributed by atoms with van der Waals surface area (Å²) in [5.41, 5.74) is 3.82. The normalized spacial score (nSPS) is 10.5. The lowest BCUT2D eigenvalue weighted by Crippen LogP contribution is -2.24. The van der Waals surface area contributed by atoms with Gasteiger partial charge in [0.15, 0.2) is 0 Å². The molecule has 2 heterocycles. The quantitative estimate of drug-likeness (QED) is 0.740. The zero-order valence-electron chi connectivity index (χ0n) is 14.3. The third-order valence-electron chi connectivity index (χ3n) is 3.72. The van der Waals surface area contributed by atoms with E-state index in [1.807, 2.05) is 66.8 Å². The average Bonchev–Trinajstić information content (AvgIpc) is 3.09. The fourth-order valence-corrected chi connectivity index (χ4v) is 3.13. The lowest BCUT2D eigenvalue weighted by atomic mass is 10.2. The van der Waals surface area contributed by atoms with E-state index in [1.165, 1.54) is 11.3 Å². The van der Waals surface area contributed by atoms with Crippen LogP contribution in [0.15, 0.2) is 54.0 Å². The molecule has 1 N–H and O–H groups in total. The van der Waals surface area contributed by atoms with E-state index in [9.17, 15) is 4.79 Å². The van der Waals surface area contributed by atoms with Crippen LogP contribution in [0, 0.1) is 0 Å². The largest absolute Gasteiger partial charge is 0.378 e. The van der Waals surface area contributed by atoms with Gasteiger partial charge in [0.1, 0.15) is 5.01 Å². The van der Waals surface area contributed by atoms with Crippen molar-refractivity contribution in [3.63, 3.8) is 0 Å². The number of carbonyl (C=O) groups excluding carboxylic acids is 1. The number of amides is 1. The Labute approximate surface area is 151 Å². The number of carbonyl (C=O) groups is 1. The first-order valence-corrected chi connectivity index (χ1v) is 8.88. The monoisotopic (exact) mass is 352 g/mol. The second-order valence-electron chi connectivity index (χ2n) is 5.87. The third kappa shape index (κ3) is 4.64. The average molecular weight is 352 g/mol. The minimum Gasteiger partial charge on any atom is -0.378 e. The summed E-state index contributed by atoms with van der Waals surface area (Å²) in [5, 5.41) is 5.69. The molecule has 0 atom stereocenters. The van der Waals surface area contributed by atoms with Crippen LogP contribution in [0.5, 0.6) is 0 Å². The van der Waals surface area contributed by atoms with Crippen molar-refractivity contribution in [2.75, 3.05) is 19.0 Å². The van der Waals surface area contributed by atoms with Crippen molar-refractivity contribution in [2.45, 2.75) is 13.0 Å². The molecule has 0 bridgehead atoms. The fraction of sp³-hybridized carbons (Fsp3) is 0.211. The maximum atomic E-state index is 12.1. The summed E-state index contributed by atoms with van der Waals surface area (Å²) in [6.45, 7) is 0.518. The number of nitrogens with zero attached hydrogens (tertiary/aromatic N) is 3. The van der Waals surface area contributed by atoms with Crippen LogP contribution in [0.4, 0.5) is 5.69 Å². The van der Waals surface area contributed by atoms with Crippen molar-refractivity contribution in [3.05, 3.63) is 65.3 Å². The van der Waals surface area contributed by atoms with Crippen LogP contribution in [0.2, 0.25) is 0 Å². The number of nitrogens with one attached hydrogen (secondary N) is 1. The highest BCUT2D eigenvalue weighted by Crippen LogP contribution is 2.21. The number of hydrogen-bond acceptors (Lipinski definition) is 5. The number of aromatic nitrogens is 2. The summed E-state index contributed by atoms with van der Waals surface area (Å²) in [7, 11) is 4.01. The number of anilines is 1. The number of hydrogen-bond donors (Lipinski definition) is 1. The SMILES string of the molecule is CN(C)c1ccc(CNC(=O)Cc2csc(-c3ccccn3)n2)cc1. The summed E-state index contributed by atoms with van der Waals surface area (Å²) in [6, 6.07) is 13.9. The zero-order chi connectivity index (χ0) is 17.6. The molecule has 0 saturated heterocycles. The molecule has 0 aliphatic carbocycles. The molecule has 2 aromatic heterocycles. The minimum absolute atomic E-state index is 0.0328. The van der Waals surface area contributed by atoms with E-state index >= 15 is 0 Å². The van der Waals surface area contributed by atoms with Gasteiger partial charge in [0, 0.05) is 37.9 Å². The molecule has 0 aliphatic heterocycles. The van der Waals surface area contributed by atoms with Gasteiger partial charge in [-0.3, -0.25) is 9.78 Å². The molecular weight excluding hydrogens is 332 g/mol. The predicted molar refractivity (Wildman–Crippen MR) is 102 cm³/mol. The molecule has 0 unspecified atom stereocenters. The molecule has 1 aromatic carbocycles. The van der Waals surface area contributed by atoms with Gasteiger partial charge in [0.25, 0.3) is 0 Å². The summed E-state index contributed by atoms with van der Waals surface area (Å²) in [4.78, 5) is 23.0. The number of benzene rings is 1. The molecule has 5 nitrogen and oxygen atoms in total. The predicted octanol–water partition coefficient (Wildman–Crippen LogP) is 3.13.